The van der Waals surface area contributed by atoms with E-state index in [-0.39, 0.29) is 11.7 Å². The Balaban J connectivity index is 0.00000126. The summed E-state index contributed by atoms with van der Waals surface area (Å²) in [7, 11) is 0. The molecule has 2 heterocycles. The van der Waals surface area contributed by atoms with E-state index in [1.165, 1.54) is 5.56 Å². The van der Waals surface area contributed by atoms with Crippen LogP contribution in [-0.4, -0.2) is 48.4 Å². The van der Waals surface area contributed by atoms with E-state index in [9.17, 15) is 9.18 Å². The minimum absolute atomic E-state index is 0.161. The molecule has 1 amide bonds. The van der Waals surface area contributed by atoms with Gasteiger partial charge in [0, 0.05) is 25.2 Å². The summed E-state index contributed by atoms with van der Waals surface area (Å²) in [4.78, 5) is 17.8. The first-order chi connectivity index (χ1) is 16.2. The van der Waals surface area contributed by atoms with Crippen LogP contribution in [0.3, 0.4) is 0 Å². The molecule has 172 valence electrons. The molecule has 0 spiro atoms. The first kappa shape index (κ1) is 23.2. The van der Waals surface area contributed by atoms with Crippen molar-refractivity contribution in [1.29, 1.82) is 0 Å². The summed E-state index contributed by atoms with van der Waals surface area (Å²) < 4.78 is 13.2. The molecule has 2 saturated heterocycles. The van der Waals surface area contributed by atoms with Gasteiger partial charge in [0.1, 0.15) is 5.82 Å². The molecule has 0 aliphatic carbocycles. The molecule has 0 bridgehead atoms. The van der Waals surface area contributed by atoms with Crippen LogP contribution in [0.4, 0.5) is 4.39 Å². The van der Waals surface area contributed by atoms with Crippen molar-refractivity contribution in [3.05, 3.63) is 96.8 Å². The lowest BCUT2D eigenvalue weighted by molar-refractivity contribution is 0.0784. The minimum Gasteiger partial charge on any atom is -0.338 e. The first-order valence-electron chi connectivity index (χ1n) is 11.9. The summed E-state index contributed by atoms with van der Waals surface area (Å²) in [5.74, 6) is 1.07. The molecular weight excluding hydrogens is 411 g/mol. The highest BCUT2D eigenvalue weighted by Gasteiger charge is 2.30. The highest BCUT2D eigenvalue weighted by Crippen LogP contribution is 2.30. The third-order valence-electron chi connectivity index (χ3n) is 7.04. The topological polar surface area (TPSA) is 23.6 Å². The molecule has 0 unspecified atom stereocenters. The Labute approximate surface area is 196 Å². The van der Waals surface area contributed by atoms with E-state index >= 15 is 0 Å². The average Bonchev–Trinajstić information content (AvgIpc) is 3.34. The first-order valence-corrected chi connectivity index (χ1v) is 11.9. The molecule has 4 heteroatoms. The van der Waals surface area contributed by atoms with Crippen LogP contribution < -0.4 is 0 Å². The summed E-state index contributed by atoms with van der Waals surface area (Å²) in [5.41, 5.74) is 2.08. The molecular formula is C29H33FN2O. The fourth-order valence-electron chi connectivity index (χ4n) is 5.30. The number of carbonyl (C=O) groups excluding carboxylic acids is 1. The minimum atomic E-state index is -0.162. The Kier molecular flexibility index (Phi) is 7.56. The molecule has 0 aromatic heterocycles. The van der Waals surface area contributed by atoms with Crippen molar-refractivity contribution in [3.63, 3.8) is 0 Å². The molecule has 3 aromatic rings. The van der Waals surface area contributed by atoms with Crippen LogP contribution in [0, 0.1) is 11.7 Å². The number of nitrogens with zero attached hydrogens (tertiary/aromatic N) is 2. The number of fused-ring (bicyclic) bond motifs is 1. The third-order valence-corrected chi connectivity index (χ3v) is 7.04. The highest BCUT2D eigenvalue weighted by molar-refractivity contribution is 6.07. The van der Waals surface area contributed by atoms with Gasteiger partial charge in [0.25, 0.3) is 5.91 Å². The molecule has 2 fully saturated rings. The molecule has 33 heavy (non-hydrogen) atoms. The van der Waals surface area contributed by atoms with Crippen molar-refractivity contribution in [3.8, 4) is 0 Å². The maximum Gasteiger partial charge on any atom is 0.254 e. The molecule has 0 radical (unpaired) electrons. The fraction of sp³-hybridized carbons (Fsp3) is 0.345. The van der Waals surface area contributed by atoms with Gasteiger partial charge in [0.2, 0.25) is 0 Å². The zero-order valence-corrected chi connectivity index (χ0v) is 19.3. The molecule has 3 aromatic carbocycles. The number of piperidine rings is 1. The Morgan fingerprint density at radius 1 is 0.879 bits per heavy atom. The smallest absolute Gasteiger partial charge is 0.254 e. The second-order valence-electron chi connectivity index (χ2n) is 9.06. The van der Waals surface area contributed by atoms with E-state index in [0.29, 0.717) is 11.8 Å². The van der Waals surface area contributed by atoms with Gasteiger partial charge < -0.3 is 9.80 Å². The van der Waals surface area contributed by atoms with Crippen LogP contribution >= 0.6 is 0 Å². The summed E-state index contributed by atoms with van der Waals surface area (Å²) >= 11 is 0. The Morgan fingerprint density at radius 2 is 1.58 bits per heavy atom. The molecule has 2 aliphatic rings. The maximum atomic E-state index is 13.2. The van der Waals surface area contributed by atoms with Crippen molar-refractivity contribution in [1.82, 2.24) is 9.80 Å². The van der Waals surface area contributed by atoms with E-state index in [4.69, 9.17) is 0 Å². The second kappa shape index (κ2) is 10.8. The number of carbonyl (C=O) groups is 1. The lowest BCUT2D eigenvalue weighted by Crippen LogP contribution is -2.37. The van der Waals surface area contributed by atoms with Gasteiger partial charge in [-0.1, -0.05) is 48.5 Å². The lowest BCUT2D eigenvalue weighted by atomic mass is 9.89. The average molecular weight is 445 g/mol. The van der Waals surface area contributed by atoms with Crippen molar-refractivity contribution in [2.45, 2.75) is 25.2 Å². The van der Waals surface area contributed by atoms with Crippen molar-refractivity contribution < 1.29 is 9.18 Å². The van der Waals surface area contributed by atoms with Crippen LogP contribution in [0.2, 0.25) is 0 Å². The summed E-state index contributed by atoms with van der Waals surface area (Å²) in [6, 6.07) is 21.1. The molecule has 2 aliphatic heterocycles. The predicted molar refractivity (Wildman–Crippen MR) is 134 cm³/mol. The highest BCUT2D eigenvalue weighted by atomic mass is 19.1. The second-order valence-corrected chi connectivity index (χ2v) is 9.06. The normalized spacial score (nSPS) is 19.3. The van der Waals surface area contributed by atoms with Gasteiger partial charge in [0.05, 0.1) is 0 Å². The fourth-order valence-corrected chi connectivity index (χ4v) is 5.30. The zero-order valence-electron chi connectivity index (χ0n) is 19.3. The van der Waals surface area contributed by atoms with Crippen LogP contribution in [-0.2, 0) is 0 Å². The number of hydrogen-bond acceptors (Lipinski definition) is 2. The van der Waals surface area contributed by atoms with Crippen molar-refractivity contribution >= 4 is 16.7 Å². The molecule has 0 N–H and O–H groups in total. The number of benzene rings is 3. The number of amides is 1. The summed E-state index contributed by atoms with van der Waals surface area (Å²) in [5, 5.41) is 2.16. The Bertz CT molecular complexity index is 1070. The standard InChI is InChI=1S/C27H29FN2O.C2H4/c28-24-10-8-21(9-11-24)22-13-15-29(16-14-22)18-20-12-17-30(19-20)27(31)26-7-3-5-23-4-1-2-6-25(23)26;1-2/h1-11,20,22H,12-19H2;1-2H2/t20-;/m1./s1. The van der Waals surface area contributed by atoms with Crippen molar-refractivity contribution in [2.75, 3.05) is 32.7 Å². The zero-order chi connectivity index (χ0) is 23.2. The maximum absolute atomic E-state index is 13.2. The molecule has 0 saturated carbocycles. The lowest BCUT2D eigenvalue weighted by Gasteiger charge is -2.33. The van der Waals surface area contributed by atoms with Gasteiger partial charge in [-0.05, 0) is 78.7 Å². The van der Waals surface area contributed by atoms with E-state index in [1.807, 2.05) is 47.4 Å². The number of hydrogen-bond donors (Lipinski definition) is 0. The number of likely N-dealkylation sites (tertiary alicyclic amines) is 2. The van der Waals surface area contributed by atoms with Crippen LogP contribution in [0.15, 0.2) is 79.9 Å². The monoisotopic (exact) mass is 444 g/mol. The van der Waals surface area contributed by atoms with E-state index < -0.39 is 0 Å². The summed E-state index contributed by atoms with van der Waals surface area (Å²) in [6.07, 6.45) is 3.32. The van der Waals surface area contributed by atoms with Crippen LogP contribution in [0.1, 0.15) is 41.1 Å². The van der Waals surface area contributed by atoms with Crippen LogP contribution in [0.25, 0.3) is 10.8 Å². The van der Waals surface area contributed by atoms with Gasteiger partial charge >= 0.3 is 0 Å². The summed E-state index contributed by atoms with van der Waals surface area (Å²) in [6.45, 7) is 10.9. The predicted octanol–water partition coefficient (Wildman–Crippen LogP) is 6.12. The van der Waals surface area contributed by atoms with Gasteiger partial charge in [0.15, 0.2) is 0 Å². The number of rotatable bonds is 4. The molecule has 5 rings (SSSR count). The van der Waals surface area contributed by atoms with Crippen LogP contribution in [0.5, 0.6) is 0 Å². The van der Waals surface area contributed by atoms with E-state index in [2.05, 4.69) is 30.2 Å². The van der Waals surface area contributed by atoms with Gasteiger partial charge in [-0.2, -0.15) is 0 Å². The van der Waals surface area contributed by atoms with Gasteiger partial charge in [-0.15, -0.1) is 13.2 Å². The van der Waals surface area contributed by atoms with Gasteiger partial charge in [-0.3, -0.25) is 4.79 Å². The van der Waals surface area contributed by atoms with E-state index in [0.717, 1.165) is 68.3 Å². The molecule has 1 atom stereocenters. The van der Waals surface area contributed by atoms with Crippen molar-refractivity contribution in [2.24, 2.45) is 5.92 Å². The number of halogens is 1. The Hall–Kier alpha value is -2.98. The van der Waals surface area contributed by atoms with E-state index in [1.54, 1.807) is 12.1 Å². The largest absolute Gasteiger partial charge is 0.338 e. The SMILES string of the molecule is C=C.O=C(c1cccc2ccccc12)N1CC[C@H](CN2CCC(c3ccc(F)cc3)CC2)C1. The quantitative estimate of drug-likeness (QED) is 0.453. The third kappa shape index (κ3) is 5.33. The Morgan fingerprint density at radius 3 is 2.33 bits per heavy atom. The van der Waals surface area contributed by atoms with Gasteiger partial charge in [-0.25, -0.2) is 4.39 Å². The molecule has 3 nitrogen and oxygen atoms in total.